The molecule has 1 aliphatic carbocycles. The number of fused-ring (bicyclic) bond motifs is 2. The molecule has 3 aromatic heterocycles. The average Bonchev–Trinajstić information content (AvgIpc) is 3.36. The van der Waals surface area contributed by atoms with Crippen molar-refractivity contribution in [2.45, 2.75) is 25.9 Å². The number of H-pyrrole nitrogens is 1. The number of nitrogens with one attached hydrogen (secondary N) is 2. The number of nitrogen functional groups attached to an aromatic ring is 1. The minimum absolute atomic E-state index is 0.0682. The third kappa shape index (κ3) is 3.03. The van der Waals surface area contributed by atoms with Gasteiger partial charge in [-0.05, 0) is 31.6 Å². The Kier molecular flexibility index (Phi) is 4.28. The van der Waals surface area contributed by atoms with E-state index in [0.717, 1.165) is 5.56 Å². The molecular formula is C21H19FN8O. The van der Waals surface area contributed by atoms with Crippen molar-refractivity contribution >= 4 is 33.8 Å². The fraction of sp³-hybridized carbons (Fsp3) is 0.190. The summed E-state index contributed by atoms with van der Waals surface area (Å²) in [6.07, 6.45) is 6.06. The van der Waals surface area contributed by atoms with Crippen LogP contribution in [0.4, 0.5) is 16.2 Å². The van der Waals surface area contributed by atoms with Crippen molar-refractivity contribution in [1.82, 2.24) is 29.5 Å². The molecule has 0 spiro atoms. The molecule has 4 N–H and O–H groups in total. The normalized spacial score (nSPS) is 16.7. The SMILES string of the molecule is Cc1cccc2nc(C(C)Nc3nc(N)nc4[nH]cnc34)n(C3C=CC=C3F)c(=O)c12. The second-order valence-corrected chi connectivity index (χ2v) is 7.39. The summed E-state index contributed by atoms with van der Waals surface area (Å²) in [5, 5.41) is 3.68. The van der Waals surface area contributed by atoms with Crippen LogP contribution >= 0.6 is 0 Å². The molecule has 3 heterocycles. The van der Waals surface area contributed by atoms with E-state index >= 15 is 0 Å². The van der Waals surface area contributed by atoms with Gasteiger partial charge in [0.2, 0.25) is 5.95 Å². The Bertz CT molecular complexity index is 1450. The number of nitrogens with two attached hydrogens (primary N) is 1. The lowest BCUT2D eigenvalue weighted by molar-refractivity contribution is 0.485. The maximum absolute atomic E-state index is 14.6. The lowest BCUT2D eigenvalue weighted by atomic mass is 10.1. The number of aromatic amines is 1. The highest BCUT2D eigenvalue weighted by Gasteiger charge is 2.26. The lowest BCUT2D eigenvalue weighted by Crippen LogP contribution is -2.31. The molecule has 0 amide bonds. The quantitative estimate of drug-likeness (QED) is 0.465. The van der Waals surface area contributed by atoms with E-state index in [1.54, 1.807) is 18.2 Å². The molecule has 0 bridgehead atoms. The molecule has 0 saturated heterocycles. The Balaban J connectivity index is 1.69. The summed E-state index contributed by atoms with van der Waals surface area (Å²) in [5.74, 6) is 0.397. The zero-order chi connectivity index (χ0) is 21.7. The van der Waals surface area contributed by atoms with Crippen molar-refractivity contribution in [1.29, 1.82) is 0 Å². The average molecular weight is 418 g/mol. The van der Waals surface area contributed by atoms with Gasteiger partial charge in [0.25, 0.3) is 5.56 Å². The molecule has 9 nitrogen and oxygen atoms in total. The first-order valence-corrected chi connectivity index (χ1v) is 9.73. The number of aryl methyl sites for hydroxylation is 1. The molecule has 1 aliphatic rings. The van der Waals surface area contributed by atoms with Gasteiger partial charge >= 0.3 is 0 Å². The van der Waals surface area contributed by atoms with Gasteiger partial charge < -0.3 is 16.0 Å². The molecule has 0 radical (unpaired) electrons. The summed E-state index contributed by atoms with van der Waals surface area (Å²) >= 11 is 0. The Labute approximate surface area is 175 Å². The van der Waals surface area contributed by atoms with E-state index in [2.05, 4.69) is 25.3 Å². The van der Waals surface area contributed by atoms with Crippen LogP contribution in [0.5, 0.6) is 0 Å². The highest BCUT2D eigenvalue weighted by atomic mass is 19.1. The van der Waals surface area contributed by atoms with Gasteiger partial charge in [0.15, 0.2) is 11.5 Å². The fourth-order valence-electron chi connectivity index (χ4n) is 3.88. The maximum atomic E-state index is 14.6. The van der Waals surface area contributed by atoms with E-state index in [1.165, 1.54) is 17.0 Å². The molecule has 10 heteroatoms. The van der Waals surface area contributed by atoms with Gasteiger partial charge in [-0.2, -0.15) is 9.97 Å². The topological polar surface area (TPSA) is 127 Å². The number of aromatic nitrogens is 6. The number of benzene rings is 1. The summed E-state index contributed by atoms with van der Waals surface area (Å²) in [6.45, 7) is 3.66. The summed E-state index contributed by atoms with van der Waals surface area (Å²) in [7, 11) is 0. The Morgan fingerprint density at radius 2 is 2.13 bits per heavy atom. The fourth-order valence-corrected chi connectivity index (χ4v) is 3.88. The van der Waals surface area contributed by atoms with Gasteiger partial charge in [0.1, 0.15) is 23.2 Å². The first-order valence-electron chi connectivity index (χ1n) is 9.73. The third-order valence-corrected chi connectivity index (χ3v) is 5.31. The molecule has 1 aromatic carbocycles. The van der Waals surface area contributed by atoms with Crippen LogP contribution in [0.2, 0.25) is 0 Å². The van der Waals surface area contributed by atoms with Gasteiger partial charge in [-0.25, -0.2) is 14.4 Å². The van der Waals surface area contributed by atoms with Crippen LogP contribution in [0, 0.1) is 6.92 Å². The van der Waals surface area contributed by atoms with Crippen LogP contribution in [-0.2, 0) is 0 Å². The molecule has 0 saturated carbocycles. The van der Waals surface area contributed by atoms with Crippen molar-refractivity contribution in [2.75, 3.05) is 11.1 Å². The first-order chi connectivity index (χ1) is 14.9. The standard InChI is InChI=1S/C21H19FN8O/c1-10-5-3-7-13-15(10)20(31)30(14-8-4-6-12(14)22)19(27-13)11(2)26-18-16-17(25-9-24-16)28-21(23)29-18/h3-9,11,14H,1-2H3,(H4,23,24,25,26,28,29). The summed E-state index contributed by atoms with van der Waals surface area (Å²) in [6, 6.07) is 4.07. The minimum Gasteiger partial charge on any atom is -0.368 e. The van der Waals surface area contributed by atoms with Crippen molar-refractivity contribution in [3.63, 3.8) is 0 Å². The predicted octanol–water partition coefficient (Wildman–Crippen LogP) is 3.09. The number of nitrogens with zero attached hydrogens (tertiary/aromatic N) is 5. The zero-order valence-electron chi connectivity index (χ0n) is 16.8. The number of hydrogen-bond acceptors (Lipinski definition) is 7. The second-order valence-electron chi connectivity index (χ2n) is 7.39. The summed E-state index contributed by atoms with van der Waals surface area (Å²) in [5.41, 5.74) is 7.81. The Morgan fingerprint density at radius 1 is 1.29 bits per heavy atom. The summed E-state index contributed by atoms with van der Waals surface area (Å²) < 4.78 is 16.0. The molecule has 31 heavy (non-hydrogen) atoms. The van der Waals surface area contributed by atoms with E-state index in [0.29, 0.717) is 33.7 Å². The highest BCUT2D eigenvalue weighted by Crippen LogP contribution is 2.30. The van der Waals surface area contributed by atoms with E-state index < -0.39 is 17.9 Å². The molecule has 5 rings (SSSR count). The molecule has 4 aromatic rings. The van der Waals surface area contributed by atoms with E-state index in [4.69, 9.17) is 10.7 Å². The third-order valence-electron chi connectivity index (χ3n) is 5.31. The lowest BCUT2D eigenvalue weighted by Gasteiger charge is -2.23. The van der Waals surface area contributed by atoms with Gasteiger partial charge in [0.05, 0.1) is 23.3 Å². The Hall–Kier alpha value is -4.08. The molecule has 2 atom stereocenters. The van der Waals surface area contributed by atoms with E-state index in [1.807, 2.05) is 26.0 Å². The van der Waals surface area contributed by atoms with Crippen molar-refractivity contribution in [3.8, 4) is 0 Å². The first kappa shape index (κ1) is 18.9. The molecule has 0 fully saturated rings. The number of halogens is 1. The van der Waals surface area contributed by atoms with Gasteiger partial charge in [-0.15, -0.1) is 0 Å². The molecular weight excluding hydrogens is 399 g/mol. The number of anilines is 2. The minimum atomic E-state index is -0.857. The van der Waals surface area contributed by atoms with Crippen LogP contribution in [0.3, 0.4) is 0 Å². The zero-order valence-corrected chi connectivity index (χ0v) is 16.8. The number of rotatable bonds is 4. The van der Waals surface area contributed by atoms with Crippen LogP contribution in [-0.4, -0.2) is 29.5 Å². The molecule has 0 aliphatic heterocycles. The van der Waals surface area contributed by atoms with Crippen molar-refractivity contribution in [2.24, 2.45) is 0 Å². The molecule has 2 unspecified atom stereocenters. The van der Waals surface area contributed by atoms with Crippen LogP contribution in [0.1, 0.15) is 30.4 Å². The van der Waals surface area contributed by atoms with E-state index in [9.17, 15) is 9.18 Å². The van der Waals surface area contributed by atoms with Crippen LogP contribution in [0.25, 0.3) is 22.1 Å². The van der Waals surface area contributed by atoms with E-state index in [-0.39, 0.29) is 11.5 Å². The largest absolute Gasteiger partial charge is 0.368 e. The monoisotopic (exact) mass is 418 g/mol. The van der Waals surface area contributed by atoms with Gasteiger partial charge in [-0.1, -0.05) is 24.3 Å². The number of hydrogen-bond donors (Lipinski definition) is 3. The Morgan fingerprint density at radius 3 is 2.90 bits per heavy atom. The van der Waals surface area contributed by atoms with Gasteiger partial charge in [-0.3, -0.25) is 9.36 Å². The molecule has 156 valence electrons. The van der Waals surface area contributed by atoms with Crippen LogP contribution < -0.4 is 16.6 Å². The smallest absolute Gasteiger partial charge is 0.262 e. The van der Waals surface area contributed by atoms with Crippen LogP contribution in [0.15, 0.2) is 53.4 Å². The number of imidazole rings is 1. The van der Waals surface area contributed by atoms with Crippen molar-refractivity contribution < 1.29 is 4.39 Å². The highest BCUT2D eigenvalue weighted by molar-refractivity contribution is 5.84. The second kappa shape index (κ2) is 7.01. The van der Waals surface area contributed by atoms with Gasteiger partial charge in [0, 0.05) is 0 Å². The maximum Gasteiger partial charge on any atom is 0.262 e. The van der Waals surface area contributed by atoms with Crippen molar-refractivity contribution in [3.05, 3.63) is 70.3 Å². The predicted molar refractivity (Wildman–Crippen MR) is 116 cm³/mol. The summed E-state index contributed by atoms with van der Waals surface area (Å²) in [4.78, 5) is 33.7. The number of allylic oxidation sites excluding steroid dienone is 4.